The summed E-state index contributed by atoms with van der Waals surface area (Å²) in [6.45, 7) is 3.98. The molecule has 0 radical (unpaired) electrons. The first-order valence-electron chi connectivity index (χ1n) is 8.73. The molecule has 1 saturated heterocycles. The number of fused-ring (bicyclic) bond motifs is 2. The van der Waals surface area contributed by atoms with Crippen LogP contribution < -0.4 is 10.1 Å². The number of hydrogen-bond acceptors (Lipinski definition) is 5. The Morgan fingerprint density at radius 3 is 3.00 bits per heavy atom. The number of ether oxygens (including phenoxy) is 1. The second-order valence-electron chi connectivity index (χ2n) is 6.65. The number of ketones is 1. The van der Waals surface area contributed by atoms with Crippen molar-refractivity contribution in [3.05, 3.63) is 53.1 Å². The molecule has 0 aromatic heterocycles. The zero-order valence-corrected chi connectivity index (χ0v) is 15.3. The highest BCUT2D eigenvalue weighted by atomic mass is 35.5. The van der Waals surface area contributed by atoms with Gasteiger partial charge in [-0.05, 0) is 37.3 Å². The molecule has 0 amide bonds. The smallest absolute Gasteiger partial charge is 0.153 e. The van der Waals surface area contributed by atoms with E-state index in [0.29, 0.717) is 22.9 Å². The lowest BCUT2D eigenvalue weighted by Crippen LogP contribution is -2.53. The number of aliphatic imine (C=N–C) groups is 1. The van der Waals surface area contributed by atoms with E-state index in [9.17, 15) is 4.79 Å². The number of Topliss-reactive ketones (excluding diaryl/α,β-unsaturated/α-hetero) is 1. The monoisotopic (exact) mass is 369 g/mol. The van der Waals surface area contributed by atoms with Gasteiger partial charge in [0.05, 0.1) is 5.56 Å². The van der Waals surface area contributed by atoms with Gasteiger partial charge in [-0.1, -0.05) is 23.7 Å². The Morgan fingerprint density at radius 2 is 2.15 bits per heavy atom. The molecule has 0 bridgehead atoms. The molecule has 2 aromatic rings. The largest absolute Gasteiger partial charge is 0.454 e. The van der Waals surface area contributed by atoms with Crippen molar-refractivity contribution < 1.29 is 9.53 Å². The highest BCUT2D eigenvalue weighted by Gasteiger charge is 2.27. The van der Waals surface area contributed by atoms with Gasteiger partial charge in [-0.2, -0.15) is 0 Å². The van der Waals surface area contributed by atoms with Crippen LogP contribution in [0.2, 0.25) is 5.02 Å². The molecule has 0 aliphatic carbocycles. The third-order valence-electron chi connectivity index (χ3n) is 4.58. The molecule has 0 unspecified atom stereocenters. The van der Waals surface area contributed by atoms with Crippen LogP contribution in [0.4, 0.5) is 5.69 Å². The molecule has 2 aliphatic heterocycles. The van der Waals surface area contributed by atoms with E-state index < -0.39 is 0 Å². The van der Waals surface area contributed by atoms with Crippen molar-refractivity contribution in [3.63, 3.8) is 0 Å². The average molecular weight is 370 g/mol. The molecule has 2 heterocycles. The molecular weight excluding hydrogens is 350 g/mol. The fourth-order valence-electron chi connectivity index (χ4n) is 3.44. The average Bonchev–Trinajstić information content (AvgIpc) is 2.78. The maximum atomic E-state index is 11.5. The van der Waals surface area contributed by atoms with Crippen LogP contribution in [0.3, 0.4) is 0 Å². The minimum atomic E-state index is 0.124. The van der Waals surface area contributed by atoms with Crippen LogP contribution in [0, 0.1) is 0 Å². The first kappa shape index (κ1) is 17.1. The fourth-order valence-corrected chi connectivity index (χ4v) is 3.61. The summed E-state index contributed by atoms with van der Waals surface area (Å²) < 4.78 is 6.10. The molecule has 2 aromatic carbocycles. The topological polar surface area (TPSA) is 53.9 Å². The number of amidine groups is 1. The molecule has 0 saturated carbocycles. The summed E-state index contributed by atoms with van der Waals surface area (Å²) in [4.78, 5) is 18.6. The third kappa shape index (κ3) is 3.45. The molecule has 134 valence electrons. The van der Waals surface area contributed by atoms with Crippen LogP contribution in [-0.4, -0.2) is 42.2 Å². The number of rotatable bonds is 2. The van der Waals surface area contributed by atoms with Gasteiger partial charge in [-0.3, -0.25) is 4.79 Å². The van der Waals surface area contributed by atoms with E-state index in [1.54, 1.807) is 13.0 Å². The molecule has 5 nitrogen and oxygen atoms in total. The number of nitrogens with zero attached hydrogens (tertiary/aromatic N) is 2. The lowest BCUT2D eigenvalue weighted by molar-refractivity contribution is -0.117. The Balaban J connectivity index is 1.76. The Kier molecular flexibility index (Phi) is 4.66. The van der Waals surface area contributed by atoms with Crippen molar-refractivity contribution >= 4 is 28.9 Å². The summed E-state index contributed by atoms with van der Waals surface area (Å²) in [5.41, 5.74) is 1.66. The number of hydrogen-bond donors (Lipinski definition) is 1. The number of para-hydroxylation sites is 1. The van der Waals surface area contributed by atoms with Crippen LogP contribution in [0.5, 0.6) is 11.5 Å². The predicted octanol–water partition coefficient (Wildman–Crippen LogP) is 3.78. The van der Waals surface area contributed by atoms with Crippen LogP contribution >= 0.6 is 11.6 Å². The number of halogens is 1. The Morgan fingerprint density at radius 1 is 1.31 bits per heavy atom. The van der Waals surface area contributed by atoms with Crippen molar-refractivity contribution in [2.24, 2.45) is 4.99 Å². The molecule has 26 heavy (non-hydrogen) atoms. The molecule has 6 heteroatoms. The van der Waals surface area contributed by atoms with E-state index in [2.05, 4.69) is 10.2 Å². The molecular formula is C20H20ClN3O2. The van der Waals surface area contributed by atoms with Crippen LogP contribution in [0.15, 0.2) is 47.5 Å². The van der Waals surface area contributed by atoms with E-state index in [0.717, 1.165) is 36.8 Å². The summed E-state index contributed by atoms with van der Waals surface area (Å²) in [7, 11) is 0. The summed E-state index contributed by atoms with van der Waals surface area (Å²) in [6.07, 6.45) is 0.518. The summed E-state index contributed by atoms with van der Waals surface area (Å²) in [5, 5.41) is 4.04. The maximum Gasteiger partial charge on any atom is 0.153 e. The molecule has 2 aliphatic rings. The third-order valence-corrected chi connectivity index (χ3v) is 4.82. The van der Waals surface area contributed by atoms with Gasteiger partial charge in [0.15, 0.2) is 5.75 Å². The zero-order chi connectivity index (χ0) is 18.1. The standard InChI is InChI=1S/C20H20ClN3O2/c1-13(25)10-15-12-24(9-8-22-15)20-16-4-2-3-5-18(16)26-19-7-6-14(21)11-17(19)23-20/h2-7,11,15,22H,8-10,12H2,1H3/t15-/m1/s1. The van der Waals surface area contributed by atoms with Crippen molar-refractivity contribution in [1.29, 1.82) is 0 Å². The van der Waals surface area contributed by atoms with Crippen LogP contribution in [0.1, 0.15) is 18.9 Å². The Bertz CT molecular complexity index is 881. The zero-order valence-electron chi connectivity index (χ0n) is 14.5. The first-order chi connectivity index (χ1) is 12.6. The Labute approximate surface area is 157 Å². The Hall–Kier alpha value is -2.37. The van der Waals surface area contributed by atoms with Crippen molar-refractivity contribution in [2.45, 2.75) is 19.4 Å². The maximum absolute atomic E-state index is 11.5. The number of piperazine rings is 1. The highest BCUT2D eigenvalue weighted by Crippen LogP contribution is 2.39. The normalized spacial score (nSPS) is 18.9. The van der Waals surface area contributed by atoms with Crippen molar-refractivity contribution in [2.75, 3.05) is 19.6 Å². The molecule has 1 atom stereocenters. The van der Waals surface area contributed by atoms with Gasteiger partial charge in [-0.15, -0.1) is 0 Å². The first-order valence-corrected chi connectivity index (χ1v) is 9.11. The molecule has 1 fully saturated rings. The van der Waals surface area contributed by atoms with Gasteiger partial charge in [-0.25, -0.2) is 4.99 Å². The minimum Gasteiger partial charge on any atom is -0.454 e. The van der Waals surface area contributed by atoms with Gasteiger partial charge in [0, 0.05) is 37.1 Å². The summed E-state index contributed by atoms with van der Waals surface area (Å²) in [5.74, 6) is 2.51. The number of benzene rings is 2. The lowest BCUT2D eigenvalue weighted by atomic mass is 10.1. The second-order valence-corrected chi connectivity index (χ2v) is 7.09. The van der Waals surface area contributed by atoms with Crippen LogP contribution in [0.25, 0.3) is 0 Å². The highest BCUT2D eigenvalue weighted by molar-refractivity contribution is 6.31. The molecule has 0 spiro atoms. The number of nitrogens with one attached hydrogen (secondary N) is 1. The van der Waals surface area contributed by atoms with E-state index in [4.69, 9.17) is 21.3 Å². The fraction of sp³-hybridized carbons (Fsp3) is 0.300. The quantitative estimate of drug-likeness (QED) is 0.875. The lowest BCUT2D eigenvalue weighted by Gasteiger charge is -2.35. The van der Waals surface area contributed by atoms with E-state index in [1.165, 1.54) is 0 Å². The summed E-state index contributed by atoms with van der Waals surface area (Å²) >= 11 is 6.17. The van der Waals surface area contributed by atoms with Gasteiger partial charge >= 0.3 is 0 Å². The summed E-state index contributed by atoms with van der Waals surface area (Å²) in [6, 6.07) is 13.5. The van der Waals surface area contributed by atoms with E-state index >= 15 is 0 Å². The van der Waals surface area contributed by atoms with E-state index in [1.807, 2.05) is 36.4 Å². The van der Waals surface area contributed by atoms with E-state index in [-0.39, 0.29) is 11.8 Å². The molecule has 4 rings (SSSR count). The SMILES string of the molecule is CC(=O)C[C@@H]1CN(C2=Nc3cc(Cl)ccc3Oc3ccccc32)CCN1. The molecule has 1 N–H and O–H groups in total. The predicted molar refractivity (Wildman–Crippen MR) is 103 cm³/mol. The number of carbonyl (C=O) groups excluding carboxylic acids is 1. The number of carbonyl (C=O) groups is 1. The van der Waals surface area contributed by atoms with Gasteiger partial charge in [0.25, 0.3) is 0 Å². The second kappa shape index (κ2) is 7.09. The van der Waals surface area contributed by atoms with Gasteiger partial charge in [0.1, 0.15) is 23.1 Å². The van der Waals surface area contributed by atoms with Crippen LogP contribution in [-0.2, 0) is 4.79 Å². The van der Waals surface area contributed by atoms with Crippen molar-refractivity contribution in [3.8, 4) is 11.5 Å². The minimum absolute atomic E-state index is 0.124. The van der Waals surface area contributed by atoms with Gasteiger partial charge in [0.2, 0.25) is 0 Å². The van der Waals surface area contributed by atoms with Crippen molar-refractivity contribution in [1.82, 2.24) is 10.2 Å². The van der Waals surface area contributed by atoms with Gasteiger partial charge < -0.3 is 15.0 Å².